The fourth-order valence-corrected chi connectivity index (χ4v) is 4.58. The Hall–Kier alpha value is -2.53. The quantitative estimate of drug-likeness (QED) is 0.300. The van der Waals surface area contributed by atoms with Gasteiger partial charge in [0, 0.05) is 28.2 Å². The zero-order valence-corrected chi connectivity index (χ0v) is 18.5. The van der Waals surface area contributed by atoms with Crippen LogP contribution in [-0.2, 0) is 6.42 Å². The molecule has 3 aromatic carbocycles. The van der Waals surface area contributed by atoms with E-state index >= 15 is 0 Å². The highest BCUT2D eigenvalue weighted by atomic mass is 35.5. The van der Waals surface area contributed by atoms with E-state index in [2.05, 4.69) is 40.6 Å². The molecule has 1 unspecified atom stereocenters. The molecule has 30 heavy (non-hydrogen) atoms. The lowest BCUT2D eigenvalue weighted by molar-refractivity contribution is 0.954. The smallest absolute Gasteiger partial charge is 0.104 e. The van der Waals surface area contributed by atoms with Crippen LogP contribution in [0.15, 0.2) is 78.3 Å². The van der Waals surface area contributed by atoms with Crippen molar-refractivity contribution in [2.75, 3.05) is 17.6 Å². The molecule has 0 saturated heterocycles. The summed E-state index contributed by atoms with van der Waals surface area (Å²) < 4.78 is 0. The third-order valence-corrected chi connectivity index (χ3v) is 6.26. The molecule has 1 atom stereocenters. The maximum absolute atomic E-state index is 6.26. The summed E-state index contributed by atoms with van der Waals surface area (Å²) in [6.07, 6.45) is 2.70. The minimum atomic E-state index is 0.0244. The summed E-state index contributed by atoms with van der Waals surface area (Å²) in [5, 5.41) is 7.98. The highest BCUT2D eigenvalue weighted by Crippen LogP contribution is 2.36. The molecule has 152 valence electrons. The van der Waals surface area contributed by atoms with Gasteiger partial charge in [0.25, 0.3) is 0 Å². The number of halogens is 2. The first-order chi connectivity index (χ1) is 14.6. The first kappa shape index (κ1) is 20.7. The fraction of sp³-hybridized carbons (Fsp3) is 0.125. The number of nitrogen functional groups attached to an aromatic ring is 1. The molecule has 3 nitrogen and oxygen atoms in total. The Morgan fingerprint density at radius 2 is 1.73 bits per heavy atom. The van der Waals surface area contributed by atoms with E-state index in [1.165, 1.54) is 5.56 Å². The lowest BCUT2D eigenvalue weighted by Gasteiger charge is -2.18. The topological polar surface area (TPSA) is 50.9 Å². The van der Waals surface area contributed by atoms with Gasteiger partial charge in [-0.2, -0.15) is 0 Å². The van der Waals surface area contributed by atoms with E-state index in [0.717, 1.165) is 50.5 Å². The Morgan fingerprint density at radius 1 is 0.933 bits per heavy atom. The van der Waals surface area contributed by atoms with Crippen molar-refractivity contribution in [3.8, 4) is 0 Å². The van der Waals surface area contributed by atoms with Gasteiger partial charge in [-0.05, 0) is 59.5 Å². The number of hydrogen-bond donors (Lipinski definition) is 2. The number of rotatable bonds is 7. The number of nitrogens with one attached hydrogen (secondary N) is 1. The number of nitrogens with two attached hydrogens (primary N) is 1. The van der Waals surface area contributed by atoms with Crippen molar-refractivity contribution >= 4 is 45.9 Å². The third-order valence-electron chi connectivity index (χ3n) is 4.93. The van der Waals surface area contributed by atoms with Gasteiger partial charge in [-0.1, -0.05) is 53.5 Å². The molecular formula is C24H21Cl2N3S. The molecule has 4 aromatic rings. The first-order valence-electron chi connectivity index (χ1n) is 9.63. The lowest BCUT2D eigenvalue weighted by Crippen LogP contribution is -2.09. The summed E-state index contributed by atoms with van der Waals surface area (Å²) in [6, 6.07) is 22.0. The zero-order valence-electron chi connectivity index (χ0n) is 16.2. The van der Waals surface area contributed by atoms with Crippen LogP contribution in [0.3, 0.4) is 0 Å². The lowest BCUT2D eigenvalue weighted by atomic mass is 9.91. The zero-order chi connectivity index (χ0) is 20.9. The predicted octanol–water partition coefficient (Wildman–Crippen LogP) is 6.87. The Balaban J connectivity index is 1.59. The van der Waals surface area contributed by atoms with Crippen LogP contribution in [0.5, 0.6) is 0 Å². The highest BCUT2D eigenvalue weighted by Gasteiger charge is 2.20. The molecule has 1 aromatic heterocycles. The van der Waals surface area contributed by atoms with Crippen molar-refractivity contribution in [2.24, 2.45) is 0 Å². The van der Waals surface area contributed by atoms with Crippen LogP contribution in [0, 0.1) is 0 Å². The van der Waals surface area contributed by atoms with E-state index in [1.807, 2.05) is 48.0 Å². The van der Waals surface area contributed by atoms with Crippen LogP contribution < -0.4 is 11.1 Å². The van der Waals surface area contributed by atoms with Crippen molar-refractivity contribution in [3.63, 3.8) is 0 Å². The van der Waals surface area contributed by atoms with Gasteiger partial charge < -0.3 is 11.1 Å². The Bertz CT molecular complexity index is 1110. The van der Waals surface area contributed by atoms with Crippen molar-refractivity contribution < 1.29 is 0 Å². The van der Waals surface area contributed by atoms with Crippen LogP contribution in [0.2, 0.25) is 10.0 Å². The predicted molar refractivity (Wildman–Crippen MR) is 129 cm³/mol. The number of benzene rings is 3. The van der Waals surface area contributed by atoms with E-state index in [9.17, 15) is 0 Å². The molecule has 0 fully saturated rings. The summed E-state index contributed by atoms with van der Waals surface area (Å²) in [5.41, 5.74) is 11.4. The van der Waals surface area contributed by atoms with Gasteiger partial charge in [0.15, 0.2) is 0 Å². The van der Waals surface area contributed by atoms with Gasteiger partial charge in [0.1, 0.15) is 5.01 Å². The molecule has 0 spiro atoms. The van der Waals surface area contributed by atoms with E-state index in [0.29, 0.717) is 0 Å². The van der Waals surface area contributed by atoms with E-state index in [-0.39, 0.29) is 5.92 Å². The molecule has 0 aliphatic heterocycles. The molecule has 0 bridgehead atoms. The van der Waals surface area contributed by atoms with Gasteiger partial charge in [-0.25, -0.2) is 4.98 Å². The maximum Gasteiger partial charge on any atom is 0.104 e. The summed E-state index contributed by atoms with van der Waals surface area (Å²) >= 11 is 13.8. The number of thiazole rings is 1. The van der Waals surface area contributed by atoms with Crippen molar-refractivity contribution in [3.05, 3.63) is 110 Å². The minimum absolute atomic E-state index is 0.0244. The molecule has 0 saturated carbocycles. The van der Waals surface area contributed by atoms with Crippen LogP contribution >= 0.6 is 34.5 Å². The van der Waals surface area contributed by atoms with Gasteiger partial charge in [0.05, 0.1) is 17.3 Å². The summed E-state index contributed by atoms with van der Waals surface area (Å²) in [5.74, 6) is 0.0244. The van der Waals surface area contributed by atoms with Gasteiger partial charge >= 0.3 is 0 Å². The van der Waals surface area contributed by atoms with Crippen molar-refractivity contribution in [1.29, 1.82) is 0 Å². The second-order valence-electron chi connectivity index (χ2n) is 7.01. The van der Waals surface area contributed by atoms with Crippen LogP contribution in [0.25, 0.3) is 0 Å². The molecule has 3 N–H and O–H groups in total. The van der Waals surface area contributed by atoms with Crippen LogP contribution in [0.4, 0.5) is 11.4 Å². The van der Waals surface area contributed by atoms with Crippen molar-refractivity contribution in [1.82, 2.24) is 4.98 Å². The Morgan fingerprint density at radius 3 is 2.47 bits per heavy atom. The second-order valence-corrected chi connectivity index (χ2v) is 8.81. The average molecular weight is 454 g/mol. The van der Waals surface area contributed by atoms with Crippen LogP contribution in [0.1, 0.15) is 27.6 Å². The molecule has 0 aliphatic rings. The molecular weight excluding hydrogens is 433 g/mol. The maximum atomic E-state index is 6.26. The summed E-state index contributed by atoms with van der Waals surface area (Å²) in [6.45, 7) is 0.761. The van der Waals surface area contributed by atoms with Crippen molar-refractivity contribution in [2.45, 2.75) is 12.3 Å². The second kappa shape index (κ2) is 9.52. The number of nitrogens with zero attached hydrogens (tertiary/aromatic N) is 1. The van der Waals surface area contributed by atoms with Crippen LogP contribution in [-0.4, -0.2) is 11.5 Å². The monoisotopic (exact) mass is 453 g/mol. The van der Waals surface area contributed by atoms with E-state index in [4.69, 9.17) is 28.9 Å². The molecule has 0 amide bonds. The van der Waals surface area contributed by atoms with E-state index in [1.54, 1.807) is 11.3 Å². The standard InChI is InChI=1S/C24H21Cl2N3S/c25-19-7-4-17(5-8-19)23(24-29-12-13-30-24)18-6-9-21(27)22(15-18)28-11-10-16-2-1-3-20(26)14-16/h1-9,12-15,23,28H,10-11,27H2. The van der Waals surface area contributed by atoms with E-state index < -0.39 is 0 Å². The van der Waals surface area contributed by atoms with Gasteiger partial charge in [-0.3, -0.25) is 0 Å². The minimum Gasteiger partial charge on any atom is -0.397 e. The Kier molecular flexibility index (Phi) is 6.58. The fourth-order valence-electron chi connectivity index (χ4n) is 3.45. The Labute approximate surface area is 190 Å². The molecule has 6 heteroatoms. The number of anilines is 2. The average Bonchev–Trinajstić information content (AvgIpc) is 3.26. The normalized spacial score (nSPS) is 11.9. The molecule has 0 radical (unpaired) electrons. The van der Waals surface area contributed by atoms with Gasteiger partial charge in [0.2, 0.25) is 0 Å². The first-order valence-corrected chi connectivity index (χ1v) is 11.3. The van der Waals surface area contributed by atoms with Gasteiger partial charge in [-0.15, -0.1) is 11.3 Å². The highest BCUT2D eigenvalue weighted by molar-refractivity contribution is 7.09. The largest absolute Gasteiger partial charge is 0.397 e. The SMILES string of the molecule is Nc1ccc(C(c2ccc(Cl)cc2)c2nccs2)cc1NCCc1cccc(Cl)c1. The third kappa shape index (κ3) is 4.96. The summed E-state index contributed by atoms with van der Waals surface area (Å²) in [7, 11) is 0. The molecule has 1 heterocycles. The number of aromatic nitrogens is 1. The number of hydrogen-bond acceptors (Lipinski definition) is 4. The molecule has 4 rings (SSSR count). The summed E-state index contributed by atoms with van der Waals surface area (Å²) in [4.78, 5) is 4.58. The molecule has 0 aliphatic carbocycles.